The zero-order chi connectivity index (χ0) is 2.00. The average molecular weight is 178 g/mol. The van der Waals surface area contributed by atoms with Crippen molar-refractivity contribution >= 4 is 41.6 Å². The van der Waals surface area contributed by atoms with Crippen molar-refractivity contribution in [2.75, 3.05) is 0 Å². The fraction of sp³-hybridized carbons (Fsp3) is 0. The molecule has 4 heteroatoms. The van der Waals surface area contributed by atoms with Crippen LogP contribution in [0.1, 0.15) is 0 Å². The van der Waals surface area contributed by atoms with E-state index in [1.165, 1.54) is 0 Å². The van der Waals surface area contributed by atoms with Gasteiger partial charge in [-0.2, -0.15) is 0 Å². The van der Waals surface area contributed by atoms with Crippen molar-refractivity contribution in [1.82, 2.24) is 0 Å². The zero-order valence-corrected chi connectivity index (χ0v) is 7.76. The molecule has 0 aromatic heterocycles. The molecule has 0 fully saturated rings. The first-order valence-electron chi connectivity index (χ1n) is 0.289. The van der Waals surface area contributed by atoms with Gasteiger partial charge < -0.3 is 0 Å². The molecule has 0 radical (unpaired) electrons. The zero-order valence-electron chi connectivity index (χ0n) is 1.82. The van der Waals surface area contributed by atoms with Gasteiger partial charge in [-0.25, -0.2) is 0 Å². The topological polar surface area (TPSA) is 17.1 Å². The van der Waals surface area contributed by atoms with Gasteiger partial charge in [-0.15, -0.1) is 0 Å². The van der Waals surface area contributed by atoms with Crippen molar-refractivity contribution in [1.29, 1.82) is 0 Å². The minimum absolute atomic E-state index is 0. The molecule has 0 heterocycles. The Morgan fingerprint density at radius 3 is 1.25 bits per heavy atom. The summed E-state index contributed by atoms with van der Waals surface area (Å²) in [5.74, 6) is 0. The summed E-state index contributed by atoms with van der Waals surface area (Å²) in [6.07, 6.45) is 0. The Balaban J connectivity index is -0.00000000500. The van der Waals surface area contributed by atoms with E-state index in [9.17, 15) is 0 Å². The van der Waals surface area contributed by atoms with Crippen molar-refractivity contribution in [3.05, 3.63) is 0 Å². The number of hydrogen-bond acceptors (Lipinski definition) is 1. The van der Waals surface area contributed by atoms with Crippen molar-refractivity contribution < 1.29 is 23.0 Å². The van der Waals surface area contributed by atoms with Gasteiger partial charge in [0, 0.05) is 19.5 Å². The summed E-state index contributed by atoms with van der Waals surface area (Å²) in [5, 5.41) is 0. The van der Waals surface area contributed by atoms with Gasteiger partial charge in [-0.1, -0.05) is 0 Å². The Bertz CT molecular complexity index is 8.00. The van der Waals surface area contributed by atoms with Crippen molar-refractivity contribution in [2.45, 2.75) is 0 Å². The van der Waals surface area contributed by atoms with Crippen LogP contribution >= 0.6 is 0 Å². The number of hydrogen-bond donors (Lipinski definition) is 0. The molecule has 0 spiro atoms. The van der Waals surface area contributed by atoms with E-state index in [1.54, 1.807) is 0 Å². The molecule has 0 rings (SSSR count). The minimum Gasteiger partial charge on any atom is 0 e. The number of rotatable bonds is 0. The van der Waals surface area contributed by atoms with E-state index in [-0.39, 0.29) is 61.1 Å². The van der Waals surface area contributed by atoms with Crippen molar-refractivity contribution in [3.63, 3.8) is 0 Å². The van der Waals surface area contributed by atoms with E-state index in [4.69, 9.17) is 3.54 Å². The molecule has 0 aliphatic rings. The summed E-state index contributed by atoms with van der Waals surface area (Å²) in [5.41, 5.74) is 0. The normalized spacial score (nSPS) is 0.750. The largest absolute Gasteiger partial charge is 0 e. The Hall–Kier alpha value is 1.83. The van der Waals surface area contributed by atoms with Crippen LogP contribution in [0.25, 0.3) is 0 Å². The maximum Gasteiger partial charge on any atom is 0 e. The van der Waals surface area contributed by atoms with Gasteiger partial charge in [0.25, 0.3) is 0 Å². The summed E-state index contributed by atoms with van der Waals surface area (Å²) in [6.45, 7) is 0. The fourth-order valence-electron chi connectivity index (χ4n) is 0. The molecular weight excluding hydrogens is 175 g/mol. The fourth-order valence-corrected chi connectivity index (χ4v) is 0. The minimum atomic E-state index is 0. The summed E-state index contributed by atoms with van der Waals surface area (Å²) < 4.78 is 8.38. The van der Waals surface area contributed by atoms with Crippen LogP contribution in [0.3, 0.4) is 0 Å². The van der Waals surface area contributed by atoms with Crippen LogP contribution in [0.15, 0.2) is 0 Å². The van der Waals surface area contributed by atoms with Crippen LogP contribution in [0.2, 0.25) is 0 Å². The Kier molecular flexibility index (Phi) is 90.0. The van der Waals surface area contributed by atoms with Crippen LogP contribution in [0.4, 0.5) is 0 Å². The summed E-state index contributed by atoms with van der Waals surface area (Å²) in [4.78, 5) is 0. The second-order valence-electron chi connectivity index (χ2n) is 0. The molecule has 0 aliphatic heterocycles. The smallest absolute Gasteiger partial charge is 0 e. The third-order valence-electron chi connectivity index (χ3n) is 0. The summed E-state index contributed by atoms with van der Waals surface area (Å²) in [6, 6.07) is 0. The molecule has 0 bridgehead atoms. The summed E-state index contributed by atoms with van der Waals surface area (Å²) in [7, 11) is 0. The van der Waals surface area contributed by atoms with Gasteiger partial charge in [0.1, 0.15) is 0 Å². The Morgan fingerprint density at radius 2 is 1.25 bits per heavy atom. The average Bonchev–Trinajstić information content (AvgIpc) is 1.00. The second-order valence-corrected chi connectivity index (χ2v) is 0. The van der Waals surface area contributed by atoms with Crippen LogP contribution in [-0.4, -0.2) is 41.6 Å². The van der Waals surface area contributed by atoms with E-state index in [1.807, 2.05) is 0 Å². The maximum atomic E-state index is 8.38. The maximum absolute atomic E-state index is 8.38. The standard InChI is InChI=1S/Ga.Mg.O.Zn.3H. The SMILES string of the molecule is [MgH2].[O]=[GaH].[Zn]. The molecule has 0 aromatic rings. The molecule has 0 saturated carbocycles. The van der Waals surface area contributed by atoms with Gasteiger partial charge in [-0.05, 0) is 0 Å². The van der Waals surface area contributed by atoms with Gasteiger partial charge in [0.05, 0.1) is 0 Å². The Morgan fingerprint density at radius 1 is 1.25 bits per heavy atom. The van der Waals surface area contributed by atoms with E-state index in [2.05, 4.69) is 0 Å². The first kappa shape index (κ1) is 17.0. The second kappa shape index (κ2) is 21.2. The van der Waals surface area contributed by atoms with E-state index in [0.29, 0.717) is 0 Å². The molecule has 0 saturated heterocycles. The molecule has 0 N–H and O–H groups in total. The van der Waals surface area contributed by atoms with Crippen LogP contribution in [0.5, 0.6) is 0 Å². The molecular formula is H3GaMgOZn. The van der Waals surface area contributed by atoms with Crippen LogP contribution in [0, 0.1) is 0 Å². The molecule has 0 amide bonds. The van der Waals surface area contributed by atoms with E-state index in [0.717, 1.165) is 0 Å². The Labute approximate surface area is 64.0 Å². The molecule has 0 aromatic carbocycles. The summed E-state index contributed by atoms with van der Waals surface area (Å²) >= 11 is 0.125. The predicted molar refractivity (Wildman–Crippen MR) is 16.4 cm³/mol. The van der Waals surface area contributed by atoms with E-state index < -0.39 is 0 Å². The molecule has 4 heavy (non-hydrogen) atoms. The van der Waals surface area contributed by atoms with Gasteiger partial charge >= 0.3 is 45.1 Å². The molecule has 0 aliphatic carbocycles. The van der Waals surface area contributed by atoms with E-state index >= 15 is 0 Å². The van der Waals surface area contributed by atoms with Gasteiger partial charge in [0.2, 0.25) is 0 Å². The van der Waals surface area contributed by atoms with Gasteiger partial charge in [-0.3, -0.25) is 0 Å². The monoisotopic (exact) mass is 176 g/mol. The third-order valence-corrected chi connectivity index (χ3v) is 0. The molecule has 1 nitrogen and oxygen atoms in total. The first-order chi connectivity index (χ1) is 1.00. The van der Waals surface area contributed by atoms with Crippen LogP contribution < -0.4 is 0 Å². The quantitative estimate of drug-likeness (QED) is 0.405. The van der Waals surface area contributed by atoms with Crippen LogP contribution in [-0.2, 0) is 23.0 Å². The molecule has 0 unspecified atom stereocenters. The third kappa shape index (κ3) is 9.16. The van der Waals surface area contributed by atoms with Crippen molar-refractivity contribution in [2.24, 2.45) is 0 Å². The van der Waals surface area contributed by atoms with Gasteiger partial charge in [0.15, 0.2) is 0 Å². The molecule has 16 valence electrons. The van der Waals surface area contributed by atoms with Crippen molar-refractivity contribution in [3.8, 4) is 0 Å². The first-order valence-corrected chi connectivity index (χ1v) is 1.50. The predicted octanol–water partition coefficient (Wildman–Crippen LogP) is -1.69. The molecule has 0 atom stereocenters.